The second-order valence-electron chi connectivity index (χ2n) is 9.92. The van der Waals surface area contributed by atoms with Crippen LogP contribution in [0.15, 0.2) is 103 Å². The van der Waals surface area contributed by atoms with Crippen molar-refractivity contribution < 1.29 is 14.3 Å². The van der Waals surface area contributed by atoms with Crippen molar-refractivity contribution in [1.82, 2.24) is 4.90 Å². The highest BCUT2D eigenvalue weighted by Gasteiger charge is 2.44. The molecule has 0 N–H and O–H groups in total. The fraction of sp³-hybridized carbons (Fsp3) is 0.375. The molecule has 0 bridgehead atoms. The van der Waals surface area contributed by atoms with E-state index < -0.39 is 12.2 Å². The van der Waals surface area contributed by atoms with Gasteiger partial charge in [-0.3, -0.25) is 4.79 Å². The maximum absolute atomic E-state index is 13.4. The molecule has 1 saturated heterocycles. The van der Waals surface area contributed by atoms with Gasteiger partial charge in [0.05, 0.1) is 6.04 Å². The molecule has 188 valence electrons. The topological polar surface area (TPSA) is 46.6 Å². The highest BCUT2D eigenvalue weighted by Crippen LogP contribution is 2.40. The molecular formula is C32H37NO3. The summed E-state index contributed by atoms with van der Waals surface area (Å²) < 4.78 is 5.61. The Morgan fingerprint density at radius 1 is 1.03 bits per heavy atom. The van der Waals surface area contributed by atoms with Crippen LogP contribution in [0, 0.1) is 16.7 Å². The van der Waals surface area contributed by atoms with E-state index in [-0.39, 0.29) is 28.7 Å². The molecule has 4 nitrogen and oxygen atoms in total. The lowest BCUT2D eigenvalue weighted by molar-refractivity contribution is -0.133. The van der Waals surface area contributed by atoms with Gasteiger partial charge in [0.1, 0.15) is 6.10 Å². The zero-order valence-corrected chi connectivity index (χ0v) is 21.5. The van der Waals surface area contributed by atoms with E-state index in [9.17, 15) is 9.59 Å². The number of hydrogen-bond donors (Lipinski definition) is 0. The third-order valence-electron chi connectivity index (χ3n) is 7.35. The molecule has 3 aliphatic rings. The van der Waals surface area contributed by atoms with E-state index in [1.54, 1.807) is 0 Å². The van der Waals surface area contributed by atoms with Crippen molar-refractivity contribution in [2.75, 3.05) is 0 Å². The zero-order valence-electron chi connectivity index (χ0n) is 21.5. The smallest absolute Gasteiger partial charge is 0.417 e. The number of hydrogen-bond acceptors (Lipinski definition) is 3. The summed E-state index contributed by atoms with van der Waals surface area (Å²) in [7, 11) is 0. The van der Waals surface area contributed by atoms with E-state index in [1.807, 2.05) is 44.2 Å². The molecule has 4 heteroatoms. The van der Waals surface area contributed by atoms with Crippen LogP contribution in [-0.4, -0.2) is 22.9 Å². The van der Waals surface area contributed by atoms with Gasteiger partial charge in [-0.25, -0.2) is 9.69 Å². The van der Waals surface area contributed by atoms with E-state index in [1.165, 1.54) is 4.90 Å². The van der Waals surface area contributed by atoms with Crippen molar-refractivity contribution in [3.63, 3.8) is 0 Å². The second-order valence-corrected chi connectivity index (χ2v) is 9.92. The van der Waals surface area contributed by atoms with Crippen LogP contribution in [-0.2, 0) is 9.53 Å². The number of allylic oxidation sites excluding steroid dienone is 12. The van der Waals surface area contributed by atoms with Gasteiger partial charge in [0, 0.05) is 16.7 Å². The highest BCUT2D eigenvalue weighted by molar-refractivity contribution is 5.95. The minimum absolute atomic E-state index is 0.140. The Labute approximate surface area is 215 Å². The number of nitrogens with zero attached hydrogens (tertiary/aromatic N) is 1. The SMILES string of the molecule is CC/C=C\C1(/C=C\C[C@@H](CC)C(=O)N2C(=O)O[C@@H](c3ccccc3)[C@H]2C)C=CC2(C=CCC=C2)C=C1. The van der Waals surface area contributed by atoms with Crippen LogP contribution in [0.3, 0.4) is 0 Å². The van der Waals surface area contributed by atoms with E-state index in [0.29, 0.717) is 12.8 Å². The third kappa shape index (κ3) is 5.38. The predicted molar refractivity (Wildman–Crippen MR) is 145 cm³/mol. The molecule has 1 aliphatic heterocycles. The summed E-state index contributed by atoms with van der Waals surface area (Å²) in [6.07, 6.45) is 28.7. The van der Waals surface area contributed by atoms with Crippen LogP contribution in [0.25, 0.3) is 0 Å². The fourth-order valence-electron chi connectivity index (χ4n) is 5.11. The largest absolute Gasteiger partial charge is 0.439 e. The molecule has 2 amide bonds. The Bertz CT molecular complexity index is 1090. The van der Waals surface area contributed by atoms with Crippen molar-refractivity contribution in [3.8, 4) is 0 Å². The van der Waals surface area contributed by atoms with Gasteiger partial charge in [-0.15, -0.1) is 0 Å². The second kappa shape index (κ2) is 11.1. The minimum Gasteiger partial charge on any atom is -0.439 e. The molecule has 0 aromatic heterocycles. The summed E-state index contributed by atoms with van der Waals surface area (Å²) in [5.74, 6) is -0.451. The van der Waals surface area contributed by atoms with Crippen LogP contribution >= 0.6 is 0 Å². The van der Waals surface area contributed by atoms with Crippen molar-refractivity contribution in [2.24, 2.45) is 16.7 Å². The summed E-state index contributed by atoms with van der Waals surface area (Å²) >= 11 is 0. The Hall–Kier alpha value is -3.40. The molecule has 1 heterocycles. The summed E-state index contributed by atoms with van der Waals surface area (Å²) in [5.41, 5.74) is 0.446. The van der Waals surface area contributed by atoms with Crippen LogP contribution < -0.4 is 0 Å². The normalized spacial score (nSPS) is 24.8. The van der Waals surface area contributed by atoms with E-state index in [0.717, 1.165) is 18.4 Å². The standard InChI is InChI=1S/C32H37NO3/c1-4-6-17-31(21-23-32(24-22-31)18-11-8-12-19-32)20-13-16-26(5-2)29(34)33-25(3)28(36-30(33)35)27-14-9-7-10-15-27/h6-7,9-15,17-26,28H,4-5,8,16H2,1-3H3/b17-6-,20-13-/t25-,26-,28-/m1/s1. The number of ether oxygens (including phenoxy) is 1. The molecule has 1 aromatic carbocycles. The third-order valence-corrected chi connectivity index (χ3v) is 7.35. The highest BCUT2D eigenvalue weighted by atomic mass is 16.6. The number of imide groups is 1. The Morgan fingerprint density at radius 3 is 2.33 bits per heavy atom. The van der Waals surface area contributed by atoms with Gasteiger partial charge in [0.25, 0.3) is 0 Å². The lowest BCUT2D eigenvalue weighted by Crippen LogP contribution is -2.41. The fourth-order valence-corrected chi connectivity index (χ4v) is 5.11. The molecule has 0 saturated carbocycles. The molecule has 1 aromatic rings. The van der Waals surface area contributed by atoms with Gasteiger partial charge >= 0.3 is 6.09 Å². The van der Waals surface area contributed by atoms with Gasteiger partial charge in [0.15, 0.2) is 0 Å². The van der Waals surface area contributed by atoms with Crippen LogP contribution in [0.4, 0.5) is 4.79 Å². The number of carbonyl (C=O) groups excluding carboxylic acids is 2. The van der Waals surface area contributed by atoms with Crippen molar-refractivity contribution in [2.45, 2.75) is 58.6 Å². The van der Waals surface area contributed by atoms with E-state index in [4.69, 9.17) is 4.74 Å². The summed E-state index contributed by atoms with van der Waals surface area (Å²) in [6, 6.07) is 9.27. The number of carbonyl (C=O) groups is 2. The lowest BCUT2D eigenvalue weighted by Gasteiger charge is -2.31. The lowest BCUT2D eigenvalue weighted by atomic mass is 9.73. The summed E-state index contributed by atoms with van der Waals surface area (Å²) in [4.78, 5) is 27.5. The monoisotopic (exact) mass is 483 g/mol. The summed E-state index contributed by atoms with van der Waals surface area (Å²) in [6.45, 7) is 6.01. The molecule has 0 radical (unpaired) electrons. The first-order valence-corrected chi connectivity index (χ1v) is 13.1. The van der Waals surface area contributed by atoms with Crippen LogP contribution in [0.2, 0.25) is 0 Å². The van der Waals surface area contributed by atoms with Crippen LogP contribution in [0.1, 0.15) is 58.1 Å². The molecule has 36 heavy (non-hydrogen) atoms. The maximum atomic E-state index is 13.4. The van der Waals surface area contributed by atoms with E-state index >= 15 is 0 Å². The van der Waals surface area contributed by atoms with Gasteiger partial charge in [-0.1, -0.05) is 117 Å². The summed E-state index contributed by atoms with van der Waals surface area (Å²) in [5, 5.41) is 0. The molecule has 2 aliphatic carbocycles. The zero-order chi connectivity index (χ0) is 25.6. The molecule has 1 fully saturated rings. The first kappa shape index (κ1) is 25.7. The van der Waals surface area contributed by atoms with Crippen molar-refractivity contribution in [3.05, 3.63) is 109 Å². The van der Waals surface area contributed by atoms with Gasteiger partial charge < -0.3 is 4.74 Å². The van der Waals surface area contributed by atoms with E-state index in [2.05, 4.69) is 79.8 Å². The molecule has 3 atom stereocenters. The maximum Gasteiger partial charge on any atom is 0.417 e. The Morgan fingerprint density at radius 2 is 1.69 bits per heavy atom. The molecule has 1 spiro atoms. The number of cyclic esters (lactones) is 1. The Kier molecular flexibility index (Phi) is 7.93. The number of amides is 2. The minimum atomic E-state index is -0.553. The number of benzene rings is 1. The average Bonchev–Trinajstić information content (AvgIpc) is 3.21. The molecular weight excluding hydrogens is 446 g/mol. The predicted octanol–water partition coefficient (Wildman–Crippen LogP) is 7.65. The van der Waals surface area contributed by atoms with Gasteiger partial charge in [-0.2, -0.15) is 0 Å². The first-order valence-electron chi connectivity index (χ1n) is 13.1. The quantitative estimate of drug-likeness (QED) is 0.357. The number of rotatable bonds is 8. The molecule has 0 unspecified atom stereocenters. The van der Waals surface area contributed by atoms with Gasteiger partial charge in [-0.05, 0) is 38.2 Å². The van der Waals surface area contributed by atoms with Crippen molar-refractivity contribution in [1.29, 1.82) is 0 Å². The first-order chi connectivity index (χ1) is 17.4. The van der Waals surface area contributed by atoms with Crippen LogP contribution in [0.5, 0.6) is 0 Å². The van der Waals surface area contributed by atoms with Crippen molar-refractivity contribution >= 4 is 12.0 Å². The molecule has 4 rings (SSSR count). The van der Waals surface area contributed by atoms with Gasteiger partial charge in [0.2, 0.25) is 5.91 Å². The average molecular weight is 484 g/mol. The Balaban J connectivity index is 1.47.